The van der Waals surface area contributed by atoms with E-state index < -0.39 is 0 Å². The van der Waals surface area contributed by atoms with Gasteiger partial charge in [0.25, 0.3) is 0 Å². The van der Waals surface area contributed by atoms with Crippen molar-refractivity contribution in [3.05, 3.63) is 64.1 Å². The van der Waals surface area contributed by atoms with Crippen LogP contribution in [0.15, 0.2) is 47.2 Å². The molecule has 1 heterocycles. The Morgan fingerprint density at radius 1 is 1.16 bits per heavy atom. The number of aromatic nitrogens is 1. The van der Waals surface area contributed by atoms with Crippen LogP contribution in [0.25, 0.3) is 0 Å². The number of hydrogen-bond donors (Lipinski definition) is 2. The minimum absolute atomic E-state index is 0.0970. The Hall–Kier alpha value is -1.30. The third-order valence-corrected chi connectivity index (χ3v) is 3.54. The van der Waals surface area contributed by atoms with Gasteiger partial charge in [-0.3, -0.25) is 16.3 Å². The van der Waals surface area contributed by atoms with Gasteiger partial charge in [0, 0.05) is 18.4 Å². The average molecular weight is 324 g/mol. The summed E-state index contributed by atoms with van der Waals surface area (Å²) in [5.41, 5.74) is 5.00. The lowest BCUT2D eigenvalue weighted by Gasteiger charge is -2.16. The Bertz CT molecular complexity index is 533. The molecule has 100 valence electrons. The maximum atomic E-state index is 13.2. The number of rotatable bonds is 5. The van der Waals surface area contributed by atoms with Crippen LogP contribution in [-0.4, -0.2) is 11.0 Å². The molecule has 19 heavy (non-hydrogen) atoms. The summed E-state index contributed by atoms with van der Waals surface area (Å²) in [5, 5.41) is 0. The monoisotopic (exact) mass is 323 g/mol. The third-order valence-electron chi connectivity index (χ3n) is 2.93. The van der Waals surface area contributed by atoms with Crippen LogP contribution in [0.5, 0.6) is 0 Å². The van der Waals surface area contributed by atoms with Crippen molar-refractivity contribution in [3.63, 3.8) is 0 Å². The number of benzene rings is 1. The molecular formula is C14H15BrFN3. The van der Waals surface area contributed by atoms with Crippen molar-refractivity contribution in [2.75, 3.05) is 0 Å². The second kappa shape index (κ2) is 6.75. The molecule has 3 nitrogen and oxygen atoms in total. The molecule has 0 aliphatic carbocycles. The van der Waals surface area contributed by atoms with Crippen LogP contribution < -0.4 is 11.3 Å². The molecule has 1 unspecified atom stereocenters. The molecule has 5 heteroatoms. The summed E-state index contributed by atoms with van der Waals surface area (Å²) in [7, 11) is 0. The second-order valence-corrected chi connectivity index (χ2v) is 5.23. The second-order valence-electron chi connectivity index (χ2n) is 4.38. The predicted molar refractivity (Wildman–Crippen MR) is 76.9 cm³/mol. The summed E-state index contributed by atoms with van der Waals surface area (Å²) < 4.78 is 13.6. The molecule has 0 bridgehead atoms. The molecule has 0 saturated carbocycles. The highest BCUT2D eigenvalue weighted by Gasteiger charge is 2.10. The topological polar surface area (TPSA) is 50.9 Å². The molecule has 0 fully saturated rings. The van der Waals surface area contributed by atoms with Crippen molar-refractivity contribution in [1.29, 1.82) is 0 Å². The highest BCUT2D eigenvalue weighted by Crippen LogP contribution is 2.18. The van der Waals surface area contributed by atoms with Gasteiger partial charge in [0.05, 0.1) is 4.47 Å². The molecule has 0 spiro atoms. The fraction of sp³-hybridized carbons (Fsp3) is 0.214. The van der Waals surface area contributed by atoms with Gasteiger partial charge in [0.15, 0.2) is 0 Å². The van der Waals surface area contributed by atoms with Gasteiger partial charge >= 0.3 is 0 Å². The van der Waals surface area contributed by atoms with Crippen molar-refractivity contribution in [1.82, 2.24) is 10.4 Å². The molecule has 3 N–H and O–H groups in total. The van der Waals surface area contributed by atoms with E-state index in [0.29, 0.717) is 4.47 Å². The minimum Gasteiger partial charge on any atom is -0.271 e. The predicted octanol–water partition coefficient (Wildman–Crippen LogP) is 2.60. The fourth-order valence-corrected chi connectivity index (χ4v) is 2.37. The summed E-state index contributed by atoms with van der Waals surface area (Å²) in [6.07, 6.45) is 5.06. The van der Waals surface area contributed by atoms with Gasteiger partial charge in [0.1, 0.15) is 5.82 Å². The Labute approximate surface area is 120 Å². The Morgan fingerprint density at radius 3 is 2.47 bits per heavy atom. The van der Waals surface area contributed by atoms with E-state index in [1.807, 2.05) is 12.1 Å². The van der Waals surface area contributed by atoms with Gasteiger partial charge in [-0.15, -0.1) is 0 Å². The summed E-state index contributed by atoms with van der Waals surface area (Å²) in [6.45, 7) is 0. The van der Waals surface area contributed by atoms with Gasteiger partial charge in [0.2, 0.25) is 0 Å². The normalized spacial score (nSPS) is 12.4. The summed E-state index contributed by atoms with van der Waals surface area (Å²) in [6, 6.07) is 9.04. The largest absolute Gasteiger partial charge is 0.271 e. The zero-order valence-corrected chi connectivity index (χ0v) is 11.9. The van der Waals surface area contributed by atoms with E-state index in [0.717, 1.165) is 18.4 Å². The van der Waals surface area contributed by atoms with Gasteiger partial charge in [-0.1, -0.05) is 6.07 Å². The summed E-state index contributed by atoms with van der Waals surface area (Å²) >= 11 is 3.19. The van der Waals surface area contributed by atoms with Crippen molar-refractivity contribution in [2.45, 2.75) is 18.9 Å². The molecule has 2 aromatic rings. The summed E-state index contributed by atoms with van der Waals surface area (Å²) in [4.78, 5) is 3.98. The van der Waals surface area contributed by atoms with Crippen LogP contribution in [-0.2, 0) is 12.8 Å². The van der Waals surface area contributed by atoms with Gasteiger partial charge in [-0.2, -0.15) is 0 Å². The first-order chi connectivity index (χ1) is 9.19. The zero-order chi connectivity index (χ0) is 13.7. The first-order valence-electron chi connectivity index (χ1n) is 5.98. The molecule has 0 radical (unpaired) electrons. The first-order valence-corrected chi connectivity index (χ1v) is 6.77. The van der Waals surface area contributed by atoms with Crippen LogP contribution in [0.3, 0.4) is 0 Å². The number of nitrogens with two attached hydrogens (primary N) is 1. The molecule has 0 saturated heterocycles. The van der Waals surface area contributed by atoms with Crippen LogP contribution in [0.1, 0.15) is 11.1 Å². The number of hydrogen-bond acceptors (Lipinski definition) is 3. The lowest BCUT2D eigenvalue weighted by atomic mass is 10.0. The quantitative estimate of drug-likeness (QED) is 0.657. The van der Waals surface area contributed by atoms with E-state index in [4.69, 9.17) is 5.84 Å². The van der Waals surface area contributed by atoms with E-state index in [1.165, 1.54) is 11.6 Å². The lowest BCUT2D eigenvalue weighted by Crippen LogP contribution is -2.38. The molecule has 0 amide bonds. The van der Waals surface area contributed by atoms with E-state index in [9.17, 15) is 4.39 Å². The lowest BCUT2D eigenvalue weighted by molar-refractivity contribution is 0.521. The third kappa shape index (κ3) is 4.09. The van der Waals surface area contributed by atoms with E-state index >= 15 is 0 Å². The van der Waals surface area contributed by atoms with Crippen molar-refractivity contribution in [2.24, 2.45) is 5.84 Å². The van der Waals surface area contributed by atoms with Crippen LogP contribution in [0, 0.1) is 5.82 Å². The average Bonchev–Trinajstić information content (AvgIpc) is 2.43. The van der Waals surface area contributed by atoms with Crippen LogP contribution in [0.2, 0.25) is 0 Å². The Balaban J connectivity index is 2.04. The number of nitrogens with zero attached hydrogens (tertiary/aromatic N) is 1. The number of halogens is 2. The SMILES string of the molecule is NNC(Cc1ccncc1)Cc1ccc(F)c(Br)c1. The van der Waals surface area contributed by atoms with E-state index in [-0.39, 0.29) is 11.9 Å². The minimum atomic E-state index is -0.254. The first kappa shape index (κ1) is 14.1. The van der Waals surface area contributed by atoms with Crippen LogP contribution in [0.4, 0.5) is 4.39 Å². The van der Waals surface area contributed by atoms with Crippen molar-refractivity contribution < 1.29 is 4.39 Å². The fourth-order valence-electron chi connectivity index (χ4n) is 1.94. The van der Waals surface area contributed by atoms with E-state index in [2.05, 4.69) is 26.3 Å². The maximum absolute atomic E-state index is 13.2. The molecule has 1 aromatic heterocycles. The maximum Gasteiger partial charge on any atom is 0.137 e. The van der Waals surface area contributed by atoms with Crippen LogP contribution >= 0.6 is 15.9 Å². The number of hydrazine groups is 1. The van der Waals surface area contributed by atoms with Crippen molar-refractivity contribution in [3.8, 4) is 0 Å². The molecular weight excluding hydrogens is 309 g/mol. The molecule has 0 aliphatic rings. The highest BCUT2D eigenvalue weighted by molar-refractivity contribution is 9.10. The van der Waals surface area contributed by atoms with Gasteiger partial charge in [-0.25, -0.2) is 4.39 Å². The Kier molecular flexibility index (Phi) is 5.01. The van der Waals surface area contributed by atoms with Crippen molar-refractivity contribution >= 4 is 15.9 Å². The molecule has 0 aliphatic heterocycles. The molecule has 1 atom stereocenters. The van der Waals surface area contributed by atoms with Gasteiger partial charge in [-0.05, 0) is 64.2 Å². The number of nitrogens with one attached hydrogen (secondary N) is 1. The smallest absolute Gasteiger partial charge is 0.137 e. The Morgan fingerprint density at radius 2 is 1.84 bits per heavy atom. The van der Waals surface area contributed by atoms with Gasteiger partial charge < -0.3 is 0 Å². The highest BCUT2D eigenvalue weighted by atomic mass is 79.9. The molecule has 1 aromatic carbocycles. The summed E-state index contributed by atoms with van der Waals surface area (Å²) in [5.74, 6) is 5.33. The molecule has 2 rings (SSSR count). The standard InChI is InChI=1S/C14H15BrFN3/c15-13-9-11(1-2-14(13)16)8-12(19-17)7-10-3-5-18-6-4-10/h1-6,9,12,19H,7-8,17H2. The van der Waals surface area contributed by atoms with E-state index in [1.54, 1.807) is 24.5 Å². The number of pyridine rings is 1. The zero-order valence-electron chi connectivity index (χ0n) is 10.3.